The summed E-state index contributed by atoms with van der Waals surface area (Å²) in [5, 5.41) is 7.08. The van der Waals surface area contributed by atoms with E-state index < -0.39 is 0 Å². The summed E-state index contributed by atoms with van der Waals surface area (Å²) in [6, 6.07) is 5.81. The third kappa shape index (κ3) is 3.96. The van der Waals surface area contributed by atoms with Crippen LogP contribution in [0, 0.1) is 6.92 Å². The fourth-order valence-corrected chi connectivity index (χ4v) is 1.84. The summed E-state index contributed by atoms with van der Waals surface area (Å²) in [6.07, 6.45) is 0.710. The zero-order chi connectivity index (χ0) is 14.4. The van der Waals surface area contributed by atoms with Crippen LogP contribution in [-0.4, -0.2) is 30.9 Å². The molecule has 0 radical (unpaired) electrons. The number of methoxy groups -OCH3 is 2. The lowest BCUT2D eigenvalue weighted by atomic mass is 10.2. The molecule has 0 bridgehead atoms. The van der Waals surface area contributed by atoms with Gasteiger partial charge < -0.3 is 19.3 Å². The molecule has 0 aliphatic heterocycles. The Labute approximate surface area is 118 Å². The summed E-state index contributed by atoms with van der Waals surface area (Å²) >= 11 is 0. The topological polar surface area (TPSA) is 69.4 Å². The average molecular weight is 277 g/mol. The summed E-state index contributed by atoms with van der Waals surface area (Å²) < 4.78 is 15.5. The molecule has 0 aliphatic rings. The zero-order valence-electron chi connectivity index (χ0n) is 12.0. The molecule has 2 aromatic rings. The highest BCUT2D eigenvalue weighted by molar-refractivity contribution is 5.38. The molecule has 1 heterocycles. The van der Waals surface area contributed by atoms with Gasteiger partial charge in [0.15, 0.2) is 5.82 Å². The number of nitrogens with one attached hydrogen (secondary N) is 1. The van der Waals surface area contributed by atoms with Crippen molar-refractivity contribution < 1.29 is 14.0 Å². The molecule has 0 atom stereocenters. The lowest BCUT2D eigenvalue weighted by Gasteiger charge is -2.09. The van der Waals surface area contributed by atoms with Crippen molar-refractivity contribution in [2.75, 3.05) is 20.8 Å². The molecule has 0 saturated heterocycles. The number of hydrogen-bond donors (Lipinski definition) is 1. The Kier molecular flexibility index (Phi) is 4.95. The molecule has 108 valence electrons. The number of benzene rings is 1. The Hall–Kier alpha value is -2.08. The lowest BCUT2D eigenvalue weighted by Crippen LogP contribution is -2.16. The monoisotopic (exact) mass is 277 g/mol. The van der Waals surface area contributed by atoms with E-state index >= 15 is 0 Å². The van der Waals surface area contributed by atoms with Gasteiger partial charge in [0.2, 0.25) is 5.89 Å². The maximum atomic E-state index is 5.23. The molecular formula is C14H19N3O3. The van der Waals surface area contributed by atoms with Crippen molar-refractivity contribution in [1.82, 2.24) is 15.5 Å². The molecule has 0 aliphatic carbocycles. The normalized spacial score (nSPS) is 10.6. The van der Waals surface area contributed by atoms with Crippen LogP contribution in [0.2, 0.25) is 0 Å². The fourth-order valence-electron chi connectivity index (χ4n) is 1.84. The Morgan fingerprint density at radius 2 is 1.85 bits per heavy atom. The number of rotatable bonds is 7. The van der Waals surface area contributed by atoms with Gasteiger partial charge in [0.1, 0.15) is 11.5 Å². The molecule has 20 heavy (non-hydrogen) atoms. The fraction of sp³-hybridized carbons (Fsp3) is 0.429. The number of nitrogens with zero attached hydrogens (tertiary/aromatic N) is 2. The second-order valence-electron chi connectivity index (χ2n) is 4.38. The van der Waals surface area contributed by atoms with E-state index in [-0.39, 0.29) is 0 Å². The van der Waals surface area contributed by atoms with Gasteiger partial charge in [-0.3, -0.25) is 0 Å². The van der Waals surface area contributed by atoms with Gasteiger partial charge in [0.25, 0.3) is 0 Å². The van der Waals surface area contributed by atoms with E-state index in [4.69, 9.17) is 14.0 Å². The SMILES string of the molecule is COc1cc(CNCCc2nc(C)no2)cc(OC)c1. The first kappa shape index (κ1) is 14.3. The van der Waals surface area contributed by atoms with Crippen molar-refractivity contribution in [2.24, 2.45) is 0 Å². The third-order valence-corrected chi connectivity index (χ3v) is 2.83. The second kappa shape index (κ2) is 6.91. The predicted molar refractivity (Wildman–Crippen MR) is 74.0 cm³/mol. The van der Waals surface area contributed by atoms with Crippen molar-refractivity contribution in [2.45, 2.75) is 19.9 Å². The largest absolute Gasteiger partial charge is 0.497 e. The van der Waals surface area contributed by atoms with Gasteiger partial charge in [0, 0.05) is 25.6 Å². The molecule has 0 unspecified atom stereocenters. The first-order valence-corrected chi connectivity index (χ1v) is 6.43. The van der Waals surface area contributed by atoms with Gasteiger partial charge in [-0.2, -0.15) is 4.98 Å². The van der Waals surface area contributed by atoms with Crippen LogP contribution in [0.4, 0.5) is 0 Å². The van der Waals surface area contributed by atoms with E-state index in [1.165, 1.54) is 0 Å². The molecular weight excluding hydrogens is 258 g/mol. The van der Waals surface area contributed by atoms with Crippen molar-refractivity contribution >= 4 is 0 Å². The average Bonchev–Trinajstić information content (AvgIpc) is 2.88. The standard InChI is InChI=1S/C14H19N3O3/c1-10-16-14(20-17-10)4-5-15-9-11-6-12(18-2)8-13(7-11)19-3/h6-8,15H,4-5,9H2,1-3H3. The Morgan fingerprint density at radius 3 is 2.40 bits per heavy atom. The summed E-state index contributed by atoms with van der Waals surface area (Å²) in [5.41, 5.74) is 1.10. The van der Waals surface area contributed by atoms with Gasteiger partial charge in [-0.15, -0.1) is 0 Å². The number of aryl methyl sites for hydroxylation is 1. The van der Waals surface area contributed by atoms with Crippen LogP contribution in [0.5, 0.6) is 11.5 Å². The molecule has 2 rings (SSSR count). The smallest absolute Gasteiger partial charge is 0.227 e. The Balaban J connectivity index is 1.84. The molecule has 1 aromatic carbocycles. The van der Waals surface area contributed by atoms with Crippen molar-refractivity contribution in [3.05, 3.63) is 35.5 Å². The van der Waals surface area contributed by atoms with Crippen LogP contribution < -0.4 is 14.8 Å². The third-order valence-electron chi connectivity index (χ3n) is 2.83. The van der Waals surface area contributed by atoms with Crippen LogP contribution in [0.3, 0.4) is 0 Å². The minimum Gasteiger partial charge on any atom is -0.497 e. The maximum absolute atomic E-state index is 5.23. The zero-order valence-corrected chi connectivity index (χ0v) is 12.0. The molecule has 1 aromatic heterocycles. The van der Waals surface area contributed by atoms with E-state index in [1.807, 2.05) is 25.1 Å². The number of aromatic nitrogens is 2. The van der Waals surface area contributed by atoms with Crippen LogP contribution in [-0.2, 0) is 13.0 Å². The molecule has 0 fully saturated rings. The maximum Gasteiger partial charge on any atom is 0.227 e. The second-order valence-corrected chi connectivity index (χ2v) is 4.38. The minimum atomic E-state index is 0.651. The lowest BCUT2D eigenvalue weighted by molar-refractivity contribution is 0.372. The van der Waals surface area contributed by atoms with E-state index in [2.05, 4.69) is 15.5 Å². The summed E-state index contributed by atoms with van der Waals surface area (Å²) in [4.78, 5) is 4.15. The highest BCUT2D eigenvalue weighted by atomic mass is 16.5. The van der Waals surface area contributed by atoms with Gasteiger partial charge in [-0.05, 0) is 24.6 Å². The van der Waals surface area contributed by atoms with Crippen molar-refractivity contribution in [3.63, 3.8) is 0 Å². The van der Waals surface area contributed by atoms with Gasteiger partial charge in [-0.1, -0.05) is 5.16 Å². The van der Waals surface area contributed by atoms with Crippen LogP contribution in [0.15, 0.2) is 22.7 Å². The predicted octanol–water partition coefficient (Wildman–Crippen LogP) is 1.73. The van der Waals surface area contributed by atoms with Crippen LogP contribution in [0.1, 0.15) is 17.3 Å². The first-order valence-electron chi connectivity index (χ1n) is 6.43. The molecule has 0 saturated carbocycles. The van der Waals surface area contributed by atoms with E-state index in [0.29, 0.717) is 18.1 Å². The van der Waals surface area contributed by atoms with E-state index in [9.17, 15) is 0 Å². The molecule has 0 amide bonds. The van der Waals surface area contributed by atoms with Crippen LogP contribution in [0.25, 0.3) is 0 Å². The molecule has 1 N–H and O–H groups in total. The van der Waals surface area contributed by atoms with E-state index in [1.54, 1.807) is 14.2 Å². The molecule has 6 nitrogen and oxygen atoms in total. The van der Waals surface area contributed by atoms with Gasteiger partial charge in [-0.25, -0.2) is 0 Å². The highest BCUT2D eigenvalue weighted by Gasteiger charge is 2.04. The number of ether oxygens (including phenoxy) is 2. The Morgan fingerprint density at radius 1 is 1.15 bits per heavy atom. The quantitative estimate of drug-likeness (QED) is 0.777. The highest BCUT2D eigenvalue weighted by Crippen LogP contribution is 2.22. The van der Waals surface area contributed by atoms with Crippen molar-refractivity contribution in [1.29, 1.82) is 0 Å². The molecule has 6 heteroatoms. The molecule has 0 spiro atoms. The van der Waals surface area contributed by atoms with Crippen molar-refractivity contribution in [3.8, 4) is 11.5 Å². The van der Waals surface area contributed by atoms with Gasteiger partial charge >= 0.3 is 0 Å². The summed E-state index contributed by atoms with van der Waals surface area (Å²) in [7, 11) is 3.29. The van der Waals surface area contributed by atoms with E-state index in [0.717, 1.165) is 30.2 Å². The first-order chi connectivity index (χ1) is 9.71. The number of hydrogen-bond acceptors (Lipinski definition) is 6. The summed E-state index contributed by atoms with van der Waals surface area (Å²) in [5.74, 6) is 2.89. The van der Waals surface area contributed by atoms with Gasteiger partial charge in [0.05, 0.1) is 14.2 Å². The summed E-state index contributed by atoms with van der Waals surface area (Å²) in [6.45, 7) is 3.30. The Bertz CT molecular complexity index is 532. The van der Waals surface area contributed by atoms with Crippen LogP contribution >= 0.6 is 0 Å². The minimum absolute atomic E-state index is 0.651.